The van der Waals surface area contributed by atoms with Gasteiger partial charge < -0.3 is 15.3 Å². The van der Waals surface area contributed by atoms with Gasteiger partial charge in [0.05, 0.1) is 5.41 Å². The second-order valence-corrected chi connectivity index (χ2v) is 7.66. The number of hydrogen-bond acceptors (Lipinski definition) is 4. The molecule has 140 valence electrons. The van der Waals surface area contributed by atoms with E-state index in [4.69, 9.17) is 5.11 Å². The predicted molar refractivity (Wildman–Crippen MR) is 96.6 cm³/mol. The lowest BCUT2D eigenvalue weighted by Crippen LogP contribution is -2.34. The first kappa shape index (κ1) is 21.0. The van der Waals surface area contributed by atoms with E-state index in [9.17, 15) is 14.9 Å². The third-order valence-electron chi connectivity index (χ3n) is 5.05. The summed E-state index contributed by atoms with van der Waals surface area (Å²) in [5.41, 5.74) is -0.115. The fraction of sp³-hybridized carbons (Fsp3) is 0.737. The molecular formula is C19H31N3O3. The maximum absolute atomic E-state index is 12.3. The van der Waals surface area contributed by atoms with Gasteiger partial charge in [-0.2, -0.15) is 5.26 Å². The standard InChI is InChI=1S/C19H31N3O3/c1-14(17(23)21-11-10-19(2,3)18(24)25)16(12-20)22(4)13-15-8-6-5-7-9-15/h15H,5-11,13H2,1-4H3,(H,21,23)(H,24,25). The average molecular weight is 349 g/mol. The van der Waals surface area contributed by atoms with Gasteiger partial charge in [0.25, 0.3) is 0 Å². The lowest BCUT2D eigenvalue weighted by Gasteiger charge is -2.28. The molecule has 0 saturated heterocycles. The minimum absolute atomic E-state index is 0.264. The van der Waals surface area contributed by atoms with Gasteiger partial charge in [-0.25, -0.2) is 0 Å². The Bertz CT molecular complexity index is 555. The van der Waals surface area contributed by atoms with Crippen molar-refractivity contribution < 1.29 is 14.7 Å². The number of carboxylic acids is 1. The molecule has 0 aromatic rings. The van der Waals surface area contributed by atoms with Crippen LogP contribution < -0.4 is 5.32 Å². The fourth-order valence-corrected chi connectivity index (χ4v) is 3.14. The molecule has 1 saturated carbocycles. The zero-order chi connectivity index (χ0) is 19.0. The fourth-order valence-electron chi connectivity index (χ4n) is 3.14. The Morgan fingerprint density at radius 2 is 1.88 bits per heavy atom. The minimum atomic E-state index is -0.890. The molecule has 2 N–H and O–H groups in total. The maximum Gasteiger partial charge on any atom is 0.309 e. The molecule has 1 fully saturated rings. The highest BCUT2D eigenvalue weighted by molar-refractivity contribution is 5.94. The summed E-state index contributed by atoms with van der Waals surface area (Å²) < 4.78 is 0. The normalized spacial score (nSPS) is 16.6. The van der Waals surface area contributed by atoms with Crippen molar-refractivity contribution in [3.05, 3.63) is 11.3 Å². The van der Waals surface area contributed by atoms with Crippen LogP contribution >= 0.6 is 0 Å². The van der Waals surface area contributed by atoms with E-state index in [1.807, 2.05) is 11.9 Å². The number of nitriles is 1. The highest BCUT2D eigenvalue weighted by Gasteiger charge is 2.27. The molecule has 25 heavy (non-hydrogen) atoms. The van der Waals surface area contributed by atoms with Crippen LogP contribution in [0.2, 0.25) is 0 Å². The van der Waals surface area contributed by atoms with E-state index in [-0.39, 0.29) is 12.5 Å². The highest BCUT2D eigenvalue weighted by Crippen LogP contribution is 2.25. The number of allylic oxidation sites excluding steroid dienone is 1. The smallest absolute Gasteiger partial charge is 0.309 e. The van der Waals surface area contributed by atoms with Crippen LogP contribution in [-0.4, -0.2) is 42.0 Å². The van der Waals surface area contributed by atoms with Gasteiger partial charge in [-0.15, -0.1) is 0 Å². The summed E-state index contributed by atoms with van der Waals surface area (Å²) in [7, 11) is 1.86. The SMILES string of the molecule is CC(C(=O)NCCC(C)(C)C(=O)O)=C(C#N)N(C)CC1CCCCC1. The Balaban J connectivity index is 2.63. The van der Waals surface area contributed by atoms with Gasteiger partial charge in [-0.1, -0.05) is 19.3 Å². The molecule has 0 aromatic carbocycles. The number of carbonyl (C=O) groups excluding carboxylic acids is 1. The molecule has 0 aliphatic heterocycles. The maximum atomic E-state index is 12.3. The predicted octanol–water partition coefficient (Wildman–Crippen LogP) is 2.91. The molecule has 1 amide bonds. The number of hydrogen-bond donors (Lipinski definition) is 2. The molecule has 1 aliphatic rings. The largest absolute Gasteiger partial charge is 0.481 e. The third-order valence-corrected chi connectivity index (χ3v) is 5.05. The lowest BCUT2D eigenvalue weighted by molar-refractivity contribution is -0.147. The van der Waals surface area contributed by atoms with Crippen molar-refractivity contribution in [2.45, 2.75) is 59.3 Å². The van der Waals surface area contributed by atoms with Crippen LogP contribution in [0.3, 0.4) is 0 Å². The number of amides is 1. The summed E-state index contributed by atoms with van der Waals surface area (Å²) in [6.45, 7) is 5.96. The van der Waals surface area contributed by atoms with E-state index < -0.39 is 11.4 Å². The van der Waals surface area contributed by atoms with Crippen molar-refractivity contribution in [2.75, 3.05) is 20.1 Å². The molecule has 0 aromatic heterocycles. The highest BCUT2D eigenvalue weighted by atomic mass is 16.4. The topological polar surface area (TPSA) is 93.4 Å². The molecule has 0 atom stereocenters. The molecule has 0 spiro atoms. The van der Waals surface area contributed by atoms with E-state index in [1.165, 1.54) is 32.1 Å². The first-order chi connectivity index (χ1) is 11.7. The summed E-state index contributed by atoms with van der Waals surface area (Å²) in [5, 5.41) is 21.3. The first-order valence-electron chi connectivity index (χ1n) is 9.02. The zero-order valence-electron chi connectivity index (χ0n) is 15.9. The van der Waals surface area contributed by atoms with Crippen LogP contribution in [0.1, 0.15) is 59.3 Å². The van der Waals surface area contributed by atoms with Gasteiger partial charge in [-0.3, -0.25) is 9.59 Å². The summed E-state index contributed by atoms with van der Waals surface area (Å²) in [6.07, 6.45) is 6.46. The van der Waals surface area contributed by atoms with Gasteiger partial charge in [0.15, 0.2) is 0 Å². The van der Waals surface area contributed by atoms with Crippen molar-refractivity contribution in [2.24, 2.45) is 11.3 Å². The minimum Gasteiger partial charge on any atom is -0.481 e. The number of aliphatic carboxylic acids is 1. The van der Waals surface area contributed by atoms with E-state index in [0.717, 1.165) is 6.54 Å². The average Bonchev–Trinajstić information content (AvgIpc) is 2.55. The first-order valence-corrected chi connectivity index (χ1v) is 9.02. The Morgan fingerprint density at radius 3 is 2.40 bits per heavy atom. The molecule has 1 rings (SSSR count). The van der Waals surface area contributed by atoms with Crippen molar-refractivity contribution in [3.8, 4) is 6.07 Å². The van der Waals surface area contributed by atoms with Crippen molar-refractivity contribution in [1.29, 1.82) is 5.26 Å². The summed E-state index contributed by atoms with van der Waals surface area (Å²) in [6, 6.07) is 2.15. The summed E-state index contributed by atoms with van der Waals surface area (Å²) in [4.78, 5) is 25.3. The Hall–Kier alpha value is -2.03. The van der Waals surface area contributed by atoms with Crippen molar-refractivity contribution in [3.63, 3.8) is 0 Å². The van der Waals surface area contributed by atoms with E-state index in [0.29, 0.717) is 23.6 Å². The molecule has 0 bridgehead atoms. The summed E-state index contributed by atoms with van der Waals surface area (Å²) >= 11 is 0. The summed E-state index contributed by atoms with van der Waals surface area (Å²) in [5.74, 6) is -0.624. The molecule has 1 aliphatic carbocycles. The van der Waals surface area contributed by atoms with Gasteiger partial charge in [0.2, 0.25) is 5.91 Å². The number of carbonyl (C=O) groups is 2. The van der Waals surface area contributed by atoms with Crippen molar-refractivity contribution in [1.82, 2.24) is 10.2 Å². The second kappa shape index (κ2) is 9.45. The van der Waals surface area contributed by atoms with E-state index in [2.05, 4.69) is 11.4 Å². The lowest BCUT2D eigenvalue weighted by atomic mass is 9.89. The molecule has 6 nitrogen and oxygen atoms in total. The molecule has 0 unspecified atom stereocenters. The van der Waals surface area contributed by atoms with Crippen LogP contribution in [0.5, 0.6) is 0 Å². The van der Waals surface area contributed by atoms with Crippen LogP contribution in [-0.2, 0) is 9.59 Å². The Labute approximate surface area is 150 Å². The van der Waals surface area contributed by atoms with E-state index in [1.54, 1.807) is 20.8 Å². The van der Waals surface area contributed by atoms with Crippen LogP contribution in [0.15, 0.2) is 11.3 Å². The van der Waals surface area contributed by atoms with Gasteiger partial charge in [-0.05, 0) is 46.0 Å². The molecule has 0 heterocycles. The van der Waals surface area contributed by atoms with Crippen LogP contribution in [0, 0.1) is 22.7 Å². The number of carboxylic acid groups (broad SMARTS) is 1. The molecule has 6 heteroatoms. The Morgan fingerprint density at radius 1 is 1.28 bits per heavy atom. The van der Waals surface area contributed by atoms with Crippen molar-refractivity contribution >= 4 is 11.9 Å². The molecular weight excluding hydrogens is 318 g/mol. The number of nitrogens with one attached hydrogen (secondary N) is 1. The van der Waals surface area contributed by atoms with Gasteiger partial charge >= 0.3 is 5.97 Å². The zero-order valence-corrected chi connectivity index (χ0v) is 15.9. The third kappa shape index (κ3) is 6.41. The monoisotopic (exact) mass is 349 g/mol. The number of rotatable bonds is 8. The Kier molecular flexibility index (Phi) is 7.95. The quantitative estimate of drug-likeness (QED) is 0.519. The molecule has 0 radical (unpaired) electrons. The van der Waals surface area contributed by atoms with Gasteiger partial charge in [0, 0.05) is 25.7 Å². The van der Waals surface area contributed by atoms with E-state index >= 15 is 0 Å². The second-order valence-electron chi connectivity index (χ2n) is 7.66. The van der Waals surface area contributed by atoms with Gasteiger partial charge in [0.1, 0.15) is 11.8 Å². The number of nitrogens with zero attached hydrogens (tertiary/aromatic N) is 2. The van der Waals surface area contributed by atoms with Crippen LogP contribution in [0.25, 0.3) is 0 Å². The van der Waals surface area contributed by atoms with Crippen LogP contribution in [0.4, 0.5) is 0 Å².